The van der Waals surface area contributed by atoms with Gasteiger partial charge in [-0.05, 0) is 87.3 Å². The molecule has 0 radical (unpaired) electrons. The molecule has 0 spiro atoms. The number of aliphatic carboxylic acids is 1. The molecule has 6 rings (SSSR count). The van der Waals surface area contributed by atoms with Gasteiger partial charge in [-0.1, -0.05) is 41.1 Å². The van der Waals surface area contributed by atoms with Crippen molar-refractivity contribution in [1.29, 1.82) is 0 Å². The van der Waals surface area contributed by atoms with Gasteiger partial charge in [0.25, 0.3) is 5.91 Å². The second-order valence-corrected chi connectivity index (χ2v) is 13.5. The van der Waals surface area contributed by atoms with Crippen LogP contribution in [-0.4, -0.2) is 67.5 Å². The van der Waals surface area contributed by atoms with Crippen LogP contribution in [0.4, 0.5) is 5.13 Å². The molecule has 2 N–H and O–H groups in total. The first-order chi connectivity index (χ1) is 20.7. The van der Waals surface area contributed by atoms with Crippen molar-refractivity contribution >= 4 is 61.1 Å². The Hall–Kier alpha value is -3.83. The van der Waals surface area contributed by atoms with Crippen molar-refractivity contribution < 1.29 is 19.8 Å². The molecule has 1 saturated heterocycles. The topological polar surface area (TPSA) is 112 Å². The fourth-order valence-electron chi connectivity index (χ4n) is 5.41. The number of carboxylic acid groups (broad SMARTS) is 1. The molecule has 5 aromatic rings. The molecule has 3 heterocycles. The Kier molecular flexibility index (Phi) is 8.82. The van der Waals surface area contributed by atoms with Crippen LogP contribution in [0.15, 0.2) is 54.7 Å². The van der Waals surface area contributed by atoms with Crippen molar-refractivity contribution in [1.82, 2.24) is 19.7 Å². The Morgan fingerprint density at radius 2 is 1.77 bits per heavy atom. The molecule has 11 heteroatoms. The third-order valence-corrected chi connectivity index (χ3v) is 8.76. The van der Waals surface area contributed by atoms with Gasteiger partial charge in [-0.3, -0.25) is 24.1 Å². The van der Waals surface area contributed by atoms with E-state index in [9.17, 15) is 14.7 Å². The van der Waals surface area contributed by atoms with Crippen molar-refractivity contribution in [3.63, 3.8) is 0 Å². The number of amides is 1. The highest BCUT2D eigenvalue weighted by atomic mass is 35.5. The standard InChI is InChI=1S/C29H26ClN5O3S.C4H10O/c1-16-12-22-27(25(21(16)14-24(36)37)17-4-7-20(30)8-5-17)39-29(32-22)35-11-10-33(2)26(28(35)38)18-6-9-23-19(13-18)15-31-34(23)3;1-4(2,3)5/h4-9,12-13,15,26H,10-11,14H2,1-3H3,(H,36,37);5H,1-3H3. The lowest BCUT2D eigenvalue weighted by Crippen LogP contribution is -2.51. The van der Waals surface area contributed by atoms with E-state index in [2.05, 4.69) is 10.00 Å². The first-order valence-electron chi connectivity index (χ1n) is 14.3. The molecule has 0 saturated carbocycles. The molecule has 3 aromatic carbocycles. The average Bonchev–Trinajstić information content (AvgIpc) is 3.51. The summed E-state index contributed by atoms with van der Waals surface area (Å²) in [5, 5.41) is 24.7. The molecule has 9 nitrogen and oxygen atoms in total. The number of hydrogen-bond donors (Lipinski definition) is 2. The van der Waals surface area contributed by atoms with E-state index in [1.807, 2.05) is 68.3 Å². The summed E-state index contributed by atoms with van der Waals surface area (Å²) in [6.45, 7) is 8.33. The zero-order valence-corrected chi connectivity index (χ0v) is 27.2. The summed E-state index contributed by atoms with van der Waals surface area (Å²) < 4.78 is 2.67. The number of aromatic nitrogens is 3. The number of carboxylic acids is 1. The van der Waals surface area contributed by atoms with Gasteiger partial charge >= 0.3 is 5.97 Å². The number of rotatable bonds is 5. The van der Waals surface area contributed by atoms with E-state index in [4.69, 9.17) is 21.7 Å². The lowest BCUT2D eigenvalue weighted by Gasteiger charge is -2.37. The molecule has 1 aliphatic heterocycles. The molecular formula is C33H36ClN5O4S. The number of halogens is 1. The molecule has 0 bridgehead atoms. The van der Waals surface area contributed by atoms with Crippen LogP contribution in [0.3, 0.4) is 0 Å². The zero-order chi connectivity index (χ0) is 31.9. The lowest BCUT2D eigenvalue weighted by molar-refractivity contribution is -0.136. The second-order valence-electron chi connectivity index (χ2n) is 12.1. The van der Waals surface area contributed by atoms with Crippen LogP contribution in [0.25, 0.3) is 32.2 Å². The molecule has 1 unspecified atom stereocenters. The molecule has 1 aliphatic rings. The molecule has 1 fully saturated rings. The van der Waals surface area contributed by atoms with Gasteiger partial charge in [0, 0.05) is 36.1 Å². The van der Waals surface area contributed by atoms with Crippen molar-refractivity contribution in [2.24, 2.45) is 7.05 Å². The summed E-state index contributed by atoms with van der Waals surface area (Å²) in [5.74, 6) is -0.943. The number of anilines is 1. The minimum Gasteiger partial charge on any atom is -0.481 e. The van der Waals surface area contributed by atoms with Crippen LogP contribution in [0, 0.1) is 6.92 Å². The number of aliphatic hydroxyl groups is 1. The molecule has 2 aromatic heterocycles. The number of thiazole rings is 1. The summed E-state index contributed by atoms with van der Waals surface area (Å²) in [7, 11) is 3.86. The molecule has 230 valence electrons. The van der Waals surface area contributed by atoms with E-state index in [1.165, 1.54) is 11.3 Å². The van der Waals surface area contributed by atoms with E-state index in [-0.39, 0.29) is 12.3 Å². The first-order valence-corrected chi connectivity index (χ1v) is 15.5. The van der Waals surface area contributed by atoms with E-state index < -0.39 is 17.6 Å². The maximum Gasteiger partial charge on any atom is 0.307 e. The van der Waals surface area contributed by atoms with Gasteiger partial charge in [0.15, 0.2) is 5.13 Å². The minimum absolute atomic E-state index is 0.0402. The van der Waals surface area contributed by atoms with Crippen molar-refractivity contribution in [3.05, 3.63) is 76.4 Å². The van der Waals surface area contributed by atoms with Gasteiger partial charge in [-0.2, -0.15) is 5.10 Å². The third-order valence-electron chi connectivity index (χ3n) is 7.39. The summed E-state index contributed by atoms with van der Waals surface area (Å²) in [4.78, 5) is 34.5. The maximum atomic E-state index is 14.0. The highest BCUT2D eigenvalue weighted by molar-refractivity contribution is 7.23. The Balaban J connectivity index is 0.000000712. The minimum atomic E-state index is -0.903. The van der Waals surface area contributed by atoms with E-state index in [1.54, 1.807) is 37.8 Å². The number of fused-ring (bicyclic) bond motifs is 2. The van der Waals surface area contributed by atoms with Gasteiger partial charge in [0.1, 0.15) is 6.04 Å². The monoisotopic (exact) mass is 633 g/mol. The Morgan fingerprint density at radius 1 is 1.09 bits per heavy atom. The number of likely N-dealkylation sites (N-methyl/N-ethyl adjacent to an activating group) is 1. The predicted octanol–water partition coefficient (Wildman–Crippen LogP) is 6.24. The predicted molar refractivity (Wildman–Crippen MR) is 177 cm³/mol. The summed E-state index contributed by atoms with van der Waals surface area (Å²) in [6, 6.07) is 14.9. The zero-order valence-electron chi connectivity index (χ0n) is 25.6. The van der Waals surface area contributed by atoms with Crippen LogP contribution in [-0.2, 0) is 23.1 Å². The van der Waals surface area contributed by atoms with Crippen molar-refractivity contribution in [2.75, 3.05) is 25.0 Å². The fraction of sp³-hybridized carbons (Fsp3) is 0.333. The van der Waals surface area contributed by atoms with Gasteiger partial charge in [0.05, 0.1) is 34.0 Å². The van der Waals surface area contributed by atoms with Crippen molar-refractivity contribution in [2.45, 2.75) is 45.8 Å². The molecule has 44 heavy (non-hydrogen) atoms. The summed E-state index contributed by atoms with van der Waals surface area (Å²) >= 11 is 7.57. The van der Waals surface area contributed by atoms with Gasteiger partial charge in [0.2, 0.25) is 0 Å². The number of carbonyl (C=O) groups is 2. The Labute approximate surface area is 265 Å². The summed E-state index contributed by atoms with van der Waals surface area (Å²) in [6.07, 6.45) is 1.70. The molecule has 1 amide bonds. The quantitative estimate of drug-likeness (QED) is 0.236. The third kappa shape index (κ3) is 6.63. The van der Waals surface area contributed by atoms with E-state index >= 15 is 0 Å². The SMILES string of the molecule is CC(C)(C)O.Cc1cc2nc(N3CCN(C)C(c4ccc5c(cnn5C)c4)C3=O)sc2c(-c2ccc(Cl)cc2)c1CC(=O)O. The van der Waals surface area contributed by atoms with E-state index in [0.717, 1.165) is 48.9 Å². The number of carbonyl (C=O) groups excluding carboxylic acids is 1. The normalized spacial score (nSPS) is 16.0. The van der Waals surface area contributed by atoms with Gasteiger partial charge in [-0.25, -0.2) is 4.98 Å². The van der Waals surface area contributed by atoms with Gasteiger partial charge in [-0.15, -0.1) is 0 Å². The highest BCUT2D eigenvalue weighted by Gasteiger charge is 2.36. The molecule has 1 atom stereocenters. The van der Waals surface area contributed by atoms with Crippen LogP contribution >= 0.6 is 22.9 Å². The highest BCUT2D eigenvalue weighted by Crippen LogP contribution is 2.42. The van der Waals surface area contributed by atoms with Crippen LogP contribution in [0.5, 0.6) is 0 Å². The fourth-order valence-corrected chi connectivity index (χ4v) is 6.71. The van der Waals surface area contributed by atoms with Crippen LogP contribution in [0.1, 0.15) is 43.5 Å². The van der Waals surface area contributed by atoms with Crippen LogP contribution < -0.4 is 4.90 Å². The Bertz CT molecular complexity index is 1850. The van der Waals surface area contributed by atoms with E-state index in [0.29, 0.717) is 23.2 Å². The number of piperazine rings is 1. The number of aryl methyl sites for hydroxylation is 2. The second kappa shape index (κ2) is 12.3. The van der Waals surface area contributed by atoms with Crippen LogP contribution in [0.2, 0.25) is 5.02 Å². The largest absolute Gasteiger partial charge is 0.481 e. The average molecular weight is 634 g/mol. The number of benzene rings is 3. The maximum absolute atomic E-state index is 14.0. The first kappa shape index (κ1) is 31.6. The van der Waals surface area contributed by atoms with Crippen molar-refractivity contribution in [3.8, 4) is 11.1 Å². The lowest BCUT2D eigenvalue weighted by atomic mass is 9.93. The van der Waals surface area contributed by atoms with Gasteiger partial charge < -0.3 is 10.2 Å². The number of nitrogens with zero attached hydrogens (tertiary/aromatic N) is 5. The molecule has 0 aliphatic carbocycles. The molecular weight excluding hydrogens is 598 g/mol. The smallest absolute Gasteiger partial charge is 0.307 e. The summed E-state index contributed by atoms with van der Waals surface area (Å²) in [5.41, 5.74) is 5.44. The Morgan fingerprint density at radius 3 is 2.43 bits per heavy atom. The number of hydrogen-bond acceptors (Lipinski definition) is 7.